The molecule has 1 atom stereocenters. The highest BCUT2D eigenvalue weighted by Crippen LogP contribution is 2.17. The average molecular weight is 290 g/mol. The van der Waals surface area contributed by atoms with E-state index in [0.29, 0.717) is 12.6 Å². The van der Waals surface area contributed by atoms with Crippen molar-refractivity contribution in [3.63, 3.8) is 0 Å². The molecule has 0 aliphatic carbocycles. The van der Waals surface area contributed by atoms with E-state index in [-0.39, 0.29) is 0 Å². The Morgan fingerprint density at radius 1 is 1.19 bits per heavy atom. The minimum Gasteiger partial charge on any atom is -0.396 e. The Hall–Kier alpha value is -0.900. The second-order valence-electron chi connectivity index (χ2n) is 6.28. The Morgan fingerprint density at radius 2 is 2.00 bits per heavy atom. The molecule has 1 N–H and O–H groups in total. The highest BCUT2D eigenvalue weighted by atomic mass is 16.2. The van der Waals surface area contributed by atoms with Gasteiger partial charge < -0.3 is 10.0 Å². The molecule has 0 bridgehead atoms. The quantitative estimate of drug-likeness (QED) is 0.746. The number of hydrogen-bond acceptors (Lipinski definition) is 3. The molecule has 1 aliphatic heterocycles. The van der Waals surface area contributed by atoms with Gasteiger partial charge in [0.2, 0.25) is 0 Å². The van der Waals surface area contributed by atoms with E-state index in [1.807, 2.05) is 0 Å². The Bertz CT molecular complexity index is 382. The van der Waals surface area contributed by atoms with E-state index in [1.165, 1.54) is 37.9 Å². The number of aliphatic hydroxyl groups is 1. The molecule has 3 heteroatoms. The lowest BCUT2D eigenvalue weighted by Crippen LogP contribution is -2.46. The fourth-order valence-corrected chi connectivity index (χ4v) is 3.21. The van der Waals surface area contributed by atoms with E-state index in [9.17, 15) is 0 Å². The molecule has 1 unspecified atom stereocenters. The molecule has 1 aromatic carbocycles. The van der Waals surface area contributed by atoms with E-state index in [0.717, 1.165) is 25.9 Å². The molecular weight excluding hydrogens is 260 g/mol. The van der Waals surface area contributed by atoms with Gasteiger partial charge in [-0.05, 0) is 57.8 Å². The van der Waals surface area contributed by atoms with Gasteiger partial charge in [-0.2, -0.15) is 0 Å². The Kier molecular flexibility index (Phi) is 7.20. The summed E-state index contributed by atoms with van der Waals surface area (Å²) >= 11 is 0. The van der Waals surface area contributed by atoms with E-state index in [1.54, 1.807) is 0 Å². The highest BCUT2D eigenvalue weighted by Gasteiger charge is 2.22. The van der Waals surface area contributed by atoms with Crippen LogP contribution in [-0.4, -0.2) is 54.2 Å². The SMILES string of the molecule is CN(CCCCCO)C1CCCN(Cc2ccccc2)C1. The van der Waals surface area contributed by atoms with Crippen LogP contribution in [0.3, 0.4) is 0 Å². The summed E-state index contributed by atoms with van der Waals surface area (Å²) in [5.41, 5.74) is 1.42. The summed E-state index contributed by atoms with van der Waals surface area (Å²) in [6.45, 7) is 4.98. The molecule has 118 valence electrons. The van der Waals surface area contributed by atoms with E-state index >= 15 is 0 Å². The lowest BCUT2D eigenvalue weighted by molar-refractivity contribution is 0.110. The maximum absolute atomic E-state index is 8.83. The van der Waals surface area contributed by atoms with E-state index in [2.05, 4.69) is 47.2 Å². The molecule has 1 aliphatic rings. The predicted molar refractivity (Wildman–Crippen MR) is 88.3 cm³/mol. The molecule has 1 saturated heterocycles. The van der Waals surface area contributed by atoms with Gasteiger partial charge in [0, 0.05) is 25.7 Å². The van der Waals surface area contributed by atoms with Crippen LogP contribution in [0.1, 0.15) is 37.7 Å². The molecular formula is C18H30N2O. The smallest absolute Gasteiger partial charge is 0.0431 e. The monoisotopic (exact) mass is 290 g/mol. The van der Waals surface area contributed by atoms with Crippen LogP contribution in [0.4, 0.5) is 0 Å². The molecule has 1 heterocycles. The normalized spacial score (nSPS) is 20.0. The predicted octanol–water partition coefficient (Wildman–Crippen LogP) is 2.75. The van der Waals surface area contributed by atoms with Gasteiger partial charge in [0.15, 0.2) is 0 Å². The number of unbranched alkanes of at least 4 members (excludes halogenated alkanes) is 2. The Morgan fingerprint density at radius 3 is 2.76 bits per heavy atom. The molecule has 0 saturated carbocycles. The fourth-order valence-electron chi connectivity index (χ4n) is 3.21. The number of rotatable bonds is 8. The van der Waals surface area contributed by atoms with E-state index in [4.69, 9.17) is 5.11 Å². The second-order valence-corrected chi connectivity index (χ2v) is 6.28. The first-order chi connectivity index (χ1) is 10.3. The minimum absolute atomic E-state index is 0.331. The lowest BCUT2D eigenvalue weighted by atomic mass is 10.0. The molecule has 3 nitrogen and oxygen atoms in total. The molecule has 1 aromatic rings. The molecule has 0 radical (unpaired) electrons. The standard InChI is InChI=1S/C18H30N2O/c1-19(12-6-3-7-14-21)18-11-8-13-20(16-18)15-17-9-4-2-5-10-17/h2,4-5,9-10,18,21H,3,6-8,11-16H2,1H3. The first-order valence-corrected chi connectivity index (χ1v) is 8.37. The zero-order valence-corrected chi connectivity index (χ0v) is 13.4. The van der Waals surface area contributed by atoms with Gasteiger partial charge in [0.25, 0.3) is 0 Å². The van der Waals surface area contributed by atoms with E-state index < -0.39 is 0 Å². The lowest BCUT2D eigenvalue weighted by Gasteiger charge is -2.37. The topological polar surface area (TPSA) is 26.7 Å². The van der Waals surface area contributed by atoms with Crippen molar-refractivity contribution in [3.05, 3.63) is 35.9 Å². The maximum atomic E-state index is 8.83. The largest absolute Gasteiger partial charge is 0.396 e. The van der Waals surface area contributed by atoms with Gasteiger partial charge in [-0.15, -0.1) is 0 Å². The van der Waals surface area contributed by atoms with Crippen molar-refractivity contribution in [2.24, 2.45) is 0 Å². The summed E-state index contributed by atoms with van der Waals surface area (Å²) in [7, 11) is 2.26. The van der Waals surface area contributed by atoms with Crippen LogP contribution in [0, 0.1) is 0 Å². The molecule has 1 fully saturated rings. The third-order valence-electron chi connectivity index (χ3n) is 4.52. The summed E-state index contributed by atoms with van der Waals surface area (Å²) in [5, 5.41) is 8.83. The average Bonchev–Trinajstić information content (AvgIpc) is 2.53. The van der Waals surface area contributed by atoms with Crippen LogP contribution >= 0.6 is 0 Å². The minimum atomic E-state index is 0.331. The van der Waals surface area contributed by atoms with Crippen molar-refractivity contribution in [3.8, 4) is 0 Å². The number of likely N-dealkylation sites (tertiary alicyclic amines) is 1. The number of likely N-dealkylation sites (N-methyl/N-ethyl adjacent to an activating group) is 1. The Balaban J connectivity index is 1.74. The summed E-state index contributed by atoms with van der Waals surface area (Å²) < 4.78 is 0. The van der Waals surface area contributed by atoms with Crippen molar-refractivity contribution in [1.82, 2.24) is 9.80 Å². The van der Waals surface area contributed by atoms with Crippen molar-refractivity contribution >= 4 is 0 Å². The van der Waals surface area contributed by atoms with Gasteiger partial charge in [-0.3, -0.25) is 4.90 Å². The number of aliphatic hydroxyl groups excluding tert-OH is 1. The van der Waals surface area contributed by atoms with Crippen molar-refractivity contribution in [2.45, 2.75) is 44.7 Å². The third-order valence-corrected chi connectivity index (χ3v) is 4.52. The number of hydrogen-bond donors (Lipinski definition) is 1. The summed E-state index contributed by atoms with van der Waals surface area (Å²) in [6.07, 6.45) is 5.91. The number of benzene rings is 1. The number of piperidine rings is 1. The molecule has 2 rings (SSSR count). The zero-order valence-electron chi connectivity index (χ0n) is 13.4. The van der Waals surface area contributed by atoms with Crippen LogP contribution in [-0.2, 0) is 6.54 Å². The van der Waals surface area contributed by atoms with Crippen LogP contribution in [0.2, 0.25) is 0 Å². The first kappa shape index (κ1) is 16.5. The number of nitrogens with zero attached hydrogens (tertiary/aromatic N) is 2. The van der Waals surface area contributed by atoms with Gasteiger partial charge in [0.05, 0.1) is 0 Å². The maximum Gasteiger partial charge on any atom is 0.0431 e. The van der Waals surface area contributed by atoms with Gasteiger partial charge in [-0.1, -0.05) is 30.3 Å². The summed E-state index contributed by atoms with van der Waals surface area (Å²) in [5.74, 6) is 0. The molecule has 21 heavy (non-hydrogen) atoms. The van der Waals surface area contributed by atoms with Crippen LogP contribution in [0.15, 0.2) is 30.3 Å². The first-order valence-electron chi connectivity index (χ1n) is 8.37. The summed E-state index contributed by atoms with van der Waals surface area (Å²) in [6, 6.07) is 11.5. The second kappa shape index (κ2) is 9.19. The highest BCUT2D eigenvalue weighted by molar-refractivity contribution is 5.14. The molecule has 0 amide bonds. The van der Waals surface area contributed by atoms with Gasteiger partial charge in [-0.25, -0.2) is 0 Å². The van der Waals surface area contributed by atoms with Crippen molar-refractivity contribution in [2.75, 3.05) is 33.3 Å². The van der Waals surface area contributed by atoms with Gasteiger partial charge >= 0.3 is 0 Å². The fraction of sp³-hybridized carbons (Fsp3) is 0.667. The van der Waals surface area contributed by atoms with Crippen molar-refractivity contribution in [1.29, 1.82) is 0 Å². The van der Waals surface area contributed by atoms with Crippen LogP contribution < -0.4 is 0 Å². The molecule has 0 aromatic heterocycles. The van der Waals surface area contributed by atoms with Crippen LogP contribution in [0.5, 0.6) is 0 Å². The van der Waals surface area contributed by atoms with Crippen LogP contribution in [0.25, 0.3) is 0 Å². The third kappa shape index (κ3) is 5.77. The van der Waals surface area contributed by atoms with Gasteiger partial charge in [0.1, 0.15) is 0 Å². The van der Waals surface area contributed by atoms with Crippen molar-refractivity contribution < 1.29 is 5.11 Å². The zero-order chi connectivity index (χ0) is 14.9. The molecule has 0 spiro atoms. The Labute approximate surface area is 129 Å². The summed E-state index contributed by atoms with van der Waals surface area (Å²) in [4.78, 5) is 5.11.